The molecular weight excluding hydrogens is 383 g/mol. The number of halogens is 2. The van der Waals surface area contributed by atoms with Crippen LogP contribution in [0, 0.1) is 5.82 Å². The molecule has 1 fully saturated rings. The number of carbonyl (C=O) groups is 2. The smallest absolute Gasteiger partial charge is 0.319 e. The average Bonchev–Trinajstić information content (AvgIpc) is 3.12. The van der Waals surface area contributed by atoms with Crippen LogP contribution in [-0.2, 0) is 10.3 Å². The molecular formula is C20H24ClFN4O2. The first-order valence-corrected chi connectivity index (χ1v) is 8.83. The quantitative estimate of drug-likeness (QED) is 0.729. The van der Waals surface area contributed by atoms with E-state index in [1.807, 2.05) is 30.3 Å². The number of urea groups is 1. The van der Waals surface area contributed by atoms with Gasteiger partial charge in [0.1, 0.15) is 11.4 Å². The lowest BCUT2D eigenvalue weighted by atomic mass is 9.92. The standard InChI is InChI=1S/C20H23FN4O2.ClH/c1-20(22,14-5-3-2-4-6-14)18(26)25-12-11-17(13-25)24-19(27)23-16-9-7-15(21)8-10-16;/h2-10,17H,11-13,22H2,1H3,(H2,23,24,27);1H. The van der Waals surface area contributed by atoms with Gasteiger partial charge in [-0.1, -0.05) is 30.3 Å². The fraction of sp³-hybridized carbons (Fsp3) is 0.300. The van der Waals surface area contributed by atoms with Gasteiger partial charge in [-0.2, -0.15) is 0 Å². The van der Waals surface area contributed by atoms with Crippen molar-refractivity contribution in [3.8, 4) is 0 Å². The Labute approximate surface area is 169 Å². The zero-order chi connectivity index (χ0) is 19.4. The molecule has 6 nitrogen and oxygen atoms in total. The van der Waals surface area contributed by atoms with Crippen molar-refractivity contribution in [3.05, 3.63) is 66.0 Å². The predicted octanol–water partition coefficient (Wildman–Crippen LogP) is 2.84. The van der Waals surface area contributed by atoms with Crippen molar-refractivity contribution < 1.29 is 14.0 Å². The molecule has 2 unspecified atom stereocenters. The SMILES string of the molecule is CC(N)(C(=O)N1CCC(NC(=O)Nc2ccc(F)cc2)C1)c1ccccc1.Cl. The molecule has 28 heavy (non-hydrogen) atoms. The average molecular weight is 407 g/mol. The van der Waals surface area contributed by atoms with Crippen LogP contribution in [0.3, 0.4) is 0 Å². The van der Waals surface area contributed by atoms with Gasteiger partial charge in [-0.25, -0.2) is 9.18 Å². The van der Waals surface area contributed by atoms with Crippen LogP contribution in [0.4, 0.5) is 14.9 Å². The maximum absolute atomic E-state index is 12.9. The highest BCUT2D eigenvalue weighted by Gasteiger charge is 2.37. The Morgan fingerprint density at radius 3 is 2.43 bits per heavy atom. The summed E-state index contributed by atoms with van der Waals surface area (Å²) < 4.78 is 12.9. The number of nitrogens with one attached hydrogen (secondary N) is 2. The molecule has 1 aliphatic rings. The third-order valence-corrected chi connectivity index (χ3v) is 4.73. The van der Waals surface area contributed by atoms with Crippen molar-refractivity contribution in [2.24, 2.45) is 5.73 Å². The minimum absolute atomic E-state index is 0. The number of nitrogens with two attached hydrogens (primary N) is 1. The molecule has 2 atom stereocenters. The van der Waals surface area contributed by atoms with Gasteiger partial charge in [0.25, 0.3) is 0 Å². The molecule has 3 rings (SSSR count). The molecule has 0 bridgehead atoms. The molecule has 0 radical (unpaired) electrons. The van der Waals surface area contributed by atoms with Gasteiger partial charge < -0.3 is 21.3 Å². The summed E-state index contributed by atoms with van der Waals surface area (Å²) in [5, 5.41) is 5.49. The Bertz CT molecular complexity index is 815. The first kappa shape index (κ1) is 21.7. The molecule has 3 amide bonds. The van der Waals surface area contributed by atoms with Gasteiger partial charge in [-0.15, -0.1) is 12.4 Å². The minimum atomic E-state index is -1.12. The number of anilines is 1. The van der Waals surface area contributed by atoms with E-state index in [9.17, 15) is 14.0 Å². The highest BCUT2D eigenvalue weighted by molar-refractivity contribution is 5.90. The fourth-order valence-electron chi connectivity index (χ4n) is 3.18. The number of benzene rings is 2. The van der Waals surface area contributed by atoms with Gasteiger partial charge in [-0.05, 0) is 43.2 Å². The maximum atomic E-state index is 12.9. The molecule has 0 aromatic heterocycles. The van der Waals surface area contributed by atoms with Crippen molar-refractivity contribution in [2.75, 3.05) is 18.4 Å². The maximum Gasteiger partial charge on any atom is 0.319 e. The number of nitrogens with zero attached hydrogens (tertiary/aromatic N) is 1. The van der Waals surface area contributed by atoms with E-state index in [-0.39, 0.29) is 36.2 Å². The Hall–Kier alpha value is -2.64. The lowest BCUT2D eigenvalue weighted by Gasteiger charge is -2.29. The summed E-state index contributed by atoms with van der Waals surface area (Å²) in [5.41, 5.74) is 6.43. The first-order chi connectivity index (χ1) is 12.9. The predicted molar refractivity (Wildman–Crippen MR) is 109 cm³/mol. The molecule has 4 N–H and O–H groups in total. The summed E-state index contributed by atoms with van der Waals surface area (Å²) in [6.07, 6.45) is 0.646. The van der Waals surface area contributed by atoms with Gasteiger partial charge in [-0.3, -0.25) is 4.79 Å². The number of rotatable bonds is 4. The van der Waals surface area contributed by atoms with Gasteiger partial charge in [0.2, 0.25) is 5.91 Å². The summed E-state index contributed by atoms with van der Waals surface area (Å²) in [6.45, 7) is 2.63. The third-order valence-electron chi connectivity index (χ3n) is 4.73. The van der Waals surface area contributed by atoms with Crippen LogP contribution >= 0.6 is 12.4 Å². The van der Waals surface area contributed by atoms with Crippen LogP contribution in [-0.4, -0.2) is 36.0 Å². The van der Waals surface area contributed by atoms with Crippen molar-refractivity contribution in [1.82, 2.24) is 10.2 Å². The lowest BCUT2D eigenvalue weighted by Crippen LogP contribution is -2.51. The van der Waals surface area contributed by atoms with Crippen molar-refractivity contribution >= 4 is 30.0 Å². The summed E-state index contributed by atoms with van der Waals surface area (Å²) in [7, 11) is 0. The summed E-state index contributed by atoms with van der Waals surface area (Å²) in [6, 6.07) is 14.2. The number of hydrogen-bond donors (Lipinski definition) is 3. The van der Waals surface area contributed by atoms with Crippen LogP contribution < -0.4 is 16.4 Å². The highest BCUT2D eigenvalue weighted by Crippen LogP contribution is 2.23. The van der Waals surface area contributed by atoms with E-state index in [0.29, 0.717) is 25.2 Å². The second kappa shape index (κ2) is 9.03. The molecule has 0 spiro atoms. The lowest BCUT2D eigenvalue weighted by molar-refractivity contribution is -0.135. The topological polar surface area (TPSA) is 87.5 Å². The van der Waals surface area contributed by atoms with Gasteiger partial charge in [0.05, 0.1) is 0 Å². The van der Waals surface area contributed by atoms with Crippen LogP contribution in [0.15, 0.2) is 54.6 Å². The van der Waals surface area contributed by atoms with E-state index in [0.717, 1.165) is 5.56 Å². The van der Waals surface area contributed by atoms with Crippen LogP contribution in [0.1, 0.15) is 18.9 Å². The third kappa shape index (κ3) is 4.99. The second-order valence-corrected chi connectivity index (χ2v) is 6.91. The number of hydrogen-bond acceptors (Lipinski definition) is 3. The molecule has 1 saturated heterocycles. The normalized spacial score (nSPS) is 18.0. The van der Waals surface area contributed by atoms with E-state index >= 15 is 0 Å². The Kier molecular flexibility index (Phi) is 6.99. The molecule has 0 saturated carbocycles. The number of carbonyl (C=O) groups excluding carboxylic acids is 2. The van der Waals surface area contributed by atoms with E-state index < -0.39 is 5.54 Å². The molecule has 2 aromatic rings. The van der Waals surface area contributed by atoms with Crippen molar-refractivity contribution in [2.45, 2.75) is 24.9 Å². The monoisotopic (exact) mass is 406 g/mol. The Morgan fingerprint density at radius 2 is 1.79 bits per heavy atom. The highest BCUT2D eigenvalue weighted by atomic mass is 35.5. The summed E-state index contributed by atoms with van der Waals surface area (Å²) >= 11 is 0. The molecule has 1 heterocycles. The van der Waals surface area contributed by atoms with Crippen LogP contribution in [0.25, 0.3) is 0 Å². The molecule has 1 aliphatic heterocycles. The fourth-order valence-corrected chi connectivity index (χ4v) is 3.18. The Balaban J connectivity index is 0.00000280. The molecule has 8 heteroatoms. The van der Waals surface area contributed by atoms with Crippen molar-refractivity contribution in [1.29, 1.82) is 0 Å². The van der Waals surface area contributed by atoms with E-state index in [2.05, 4.69) is 10.6 Å². The number of amides is 3. The zero-order valence-corrected chi connectivity index (χ0v) is 16.3. The second-order valence-electron chi connectivity index (χ2n) is 6.91. The van der Waals surface area contributed by atoms with E-state index in [1.165, 1.54) is 24.3 Å². The van der Waals surface area contributed by atoms with Gasteiger partial charge >= 0.3 is 6.03 Å². The van der Waals surface area contributed by atoms with Gasteiger partial charge in [0, 0.05) is 24.8 Å². The molecule has 0 aliphatic carbocycles. The summed E-state index contributed by atoms with van der Waals surface area (Å²) in [5.74, 6) is -0.536. The van der Waals surface area contributed by atoms with Crippen LogP contribution in [0.2, 0.25) is 0 Å². The van der Waals surface area contributed by atoms with Crippen LogP contribution in [0.5, 0.6) is 0 Å². The molecule has 150 valence electrons. The summed E-state index contributed by atoms with van der Waals surface area (Å²) in [4.78, 5) is 26.6. The van der Waals surface area contributed by atoms with Gasteiger partial charge in [0.15, 0.2) is 0 Å². The van der Waals surface area contributed by atoms with Crippen molar-refractivity contribution in [3.63, 3.8) is 0 Å². The largest absolute Gasteiger partial charge is 0.339 e. The Morgan fingerprint density at radius 1 is 1.14 bits per heavy atom. The minimum Gasteiger partial charge on any atom is -0.339 e. The first-order valence-electron chi connectivity index (χ1n) is 8.83. The van der Waals surface area contributed by atoms with E-state index in [1.54, 1.807) is 11.8 Å². The van der Waals surface area contributed by atoms with E-state index in [4.69, 9.17) is 5.73 Å². The molecule has 2 aromatic carbocycles. The zero-order valence-electron chi connectivity index (χ0n) is 15.5. The number of likely N-dealkylation sites (tertiary alicyclic amines) is 1.